The summed E-state index contributed by atoms with van der Waals surface area (Å²) in [5, 5.41) is 1.17. The van der Waals surface area contributed by atoms with Gasteiger partial charge in [0, 0.05) is 23.3 Å². The highest BCUT2D eigenvalue weighted by atomic mass is 32.1. The van der Waals surface area contributed by atoms with E-state index < -0.39 is 0 Å². The lowest BCUT2D eigenvalue weighted by Gasteiger charge is -2.36. The third kappa shape index (κ3) is 2.45. The van der Waals surface area contributed by atoms with Gasteiger partial charge in [-0.3, -0.25) is 0 Å². The van der Waals surface area contributed by atoms with E-state index in [9.17, 15) is 0 Å². The normalized spacial score (nSPS) is 21.4. The van der Waals surface area contributed by atoms with Gasteiger partial charge in [0.05, 0.1) is 17.3 Å². The number of benzene rings is 1. The standard InChI is InChI=1S/C16H20N2OS/c1-11-12(2)20-15(18-11)8-16(9-17)7-13-5-3-4-6-14(13)19-10-16/h3-6H,7-10,17H2,1-2H3. The summed E-state index contributed by atoms with van der Waals surface area (Å²) in [6, 6.07) is 8.25. The maximum absolute atomic E-state index is 6.08. The molecule has 1 atom stereocenters. The Bertz CT molecular complexity index is 603. The van der Waals surface area contributed by atoms with Crippen molar-refractivity contribution >= 4 is 11.3 Å². The number of hydrogen-bond acceptors (Lipinski definition) is 4. The third-order valence-corrected chi connectivity index (χ3v) is 5.18. The van der Waals surface area contributed by atoms with Crippen LogP contribution in [0.25, 0.3) is 0 Å². The number of thiazole rings is 1. The van der Waals surface area contributed by atoms with Crippen LogP contribution in [0.15, 0.2) is 24.3 Å². The van der Waals surface area contributed by atoms with Crippen molar-refractivity contribution in [2.75, 3.05) is 13.2 Å². The number of nitrogens with two attached hydrogens (primary N) is 1. The maximum atomic E-state index is 6.08. The highest BCUT2D eigenvalue weighted by Gasteiger charge is 2.35. The summed E-state index contributed by atoms with van der Waals surface area (Å²) in [5.74, 6) is 1.00. The SMILES string of the molecule is Cc1nc(CC2(CN)COc3ccccc3C2)sc1C. The van der Waals surface area contributed by atoms with Crippen molar-refractivity contribution in [3.05, 3.63) is 45.4 Å². The van der Waals surface area contributed by atoms with Crippen LogP contribution in [-0.2, 0) is 12.8 Å². The lowest BCUT2D eigenvalue weighted by atomic mass is 9.78. The molecule has 1 aromatic carbocycles. The van der Waals surface area contributed by atoms with Gasteiger partial charge in [0.25, 0.3) is 0 Å². The van der Waals surface area contributed by atoms with Crippen molar-refractivity contribution in [3.63, 3.8) is 0 Å². The van der Waals surface area contributed by atoms with Gasteiger partial charge in [-0.1, -0.05) is 18.2 Å². The molecule has 1 aliphatic rings. The molecule has 3 nitrogen and oxygen atoms in total. The molecule has 1 aliphatic heterocycles. The minimum Gasteiger partial charge on any atom is -0.493 e. The first-order chi connectivity index (χ1) is 9.62. The zero-order chi connectivity index (χ0) is 14.2. The Kier molecular flexibility index (Phi) is 3.52. The van der Waals surface area contributed by atoms with Crippen LogP contribution in [0.4, 0.5) is 0 Å². The molecular formula is C16H20N2OS. The summed E-state index contributed by atoms with van der Waals surface area (Å²) in [6.45, 7) is 5.49. The number of fused-ring (bicyclic) bond motifs is 1. The van der Waals surface area contributed by atoms with Crippen molar-refractivity contribution in [1.29, 1.82) is 0 Å². The number of aromatic nitrogens is 1. The Morgan fingerprint density at radius 1 is 1.35 bits per heavy atom. The Morgan fingerprint density at radius 3 is 2.85 bits per heavy atom. The van der Waals surface area contributed by atoms with Crippen LogP contribution in [0.2, 0.25) is 0 Å². The third-order valence-electron chi connectivity index (χ3n) is 4.10. The largest absolute Gasteiger partial charge is 0.493 e. The quantitative estimate of drug-likeness (QED) is 0.944. The van der Waals surface area contributed by atoms with Gasteiger partial charge in [-0.15, -0.1) is 11.3 Å². The fourth-order valence-electron chi connectivity index (χ4n) is 2.73. The molecule has 1 aromatic heterocycles. The molecule has 0 spiro atoms. The van der Waals surface area contributed by atoms with Gasteiger partial charge in [0.1, 0.15) is 5.75 Å². The van der Waals surface area contributed by atoms with Gasteiger partial charge >= 0.3 is 0 Å². The van der Waals surface area contributed by atoms with Crippen LogP contribution in [0, 0.1) is 19.3 Å². The molecule has 0 saturated heterocycles. The predicted molar refractivity (Wildman–Crippen MR) is 82.4 cm³/mol. The van der Waals surface area contributed by atoms with E-state index >= 15 is 0 Å². The van der Waals surface area contributed by atoms with E-state index in [4.69, 9.17) is 10.5 Å². The molecule has 0 aliphatic carbocycles. The van der Waals surface area contributed by atoms with Crippen molar-refractivity contribution < 1.29 is 4.74 Å². The van der Waals surface area contributed by atoms with Gasteiger partial charge in [0.15, 0.2) is 0 Å². The smallest absolute Gasteiger partial charge is 0.122 e. The van der Waals surface area contributed by atoms with Gasteiger partial charge in [0.2, 0.25) is 0 Å². The summed E-state index contributed by atoms with van der Waals surface area (Å²) < 4.78 is 5.94. The van der Waals surface area contributed by atoms with Crippen LogP contribution in [-0.4, -0.2) is 18.1 Å². The van der Waals surface area contributed by atoms with E-state index in [-0.39, 0.29) is 5.41 Å². The zero-order valence-electron chi connectivity index (χ0n) is 12.0. The first kappa shape index (κ1) is 13.6. The van der Waals surface area contributed by atoms with Crippen LogP contribution in [0.5, 0.6) is 5.75 Å². The molecule has 20 heavy (non-hydrogen) atoms. The summed E-state index contributed by atoms with van der Waals surface area (Å²) >= 11 is 1.78. The summed E-state index contributed by atoms with van der Waals surface area (Å²) in [5.41, 5.74) is 8.45. The van der Waals surface area contributed by atoms with Gasteiger partial charge in [-0.2, -0.15) is 0 Å². The molecule has 0 saturated carbocycles. The van der Waals surface area contributed by atoms with Gasteiger partial charge in [-0.05, 0) is 31.9 Å². The number of nitrogens with zero attached hydrogens (tertiary/aromatic N) is 1. The molecule has 2 N–H and O–H groups in total. The first-order valence-electron chi connectivity index (χ1n) is 6.96. The molecule has 3 rings (SSSR count). The van der Waals surface area contributed by atoms with Crippen molar-refractivity contribution in [2.45, 2.75) is 26.7 Å². The monoisotopic (exact) mass is 288 g/mol. The Labute approximate surface area is 123 Å². The van der Waals surface area contributed by atoms with E-state index in [1.807, 2.05) is 12.1 Å². The molecule has 4 heteroatoms. The van der Waals surface area contributed by atoms with Gasteiger partial charge < -0.3 is 10.5 Å². The lowest BCUT2D eigenvalue weighted by Crippen LogP contribution is -2.43. The molecule has 106 valence electrons. The number of rotatable bonds is 3. The molecule has 2 aromatic rings. The maximum Gasteiger partial charge on any atom is 0.122 e. The molecule has 0 bridgehead atoms. The second-order valence-electron chi connectivity index (χ2n) is 5.70. The summed E-state index contributed by atoms with van der Waals surface area (Å²) in [6.07, 6.45) is 1.87. The zero-order valence-corrected chi connectivity index (χ0v) is 12.8. The topological polar surface area (TPSA) is 48.1 Å². The fraction of sp³-hybridized carbons (Fsp3) is 0.438. The van der Waals surface area contributed by atoms with E-state index in [1.165, 1.54) is 15.4 Å². The van der Waals surface area contributed by atoms with Crippen molar-refractivity contribution in [3.8, 4) is 5.75 Å². The van der Waals surface area contributed by atoms with Crippen LogP contribution >= 0.6 is 11.3 Å². The van der Waals surface area contributed by atoms with E-state index in [1.54, 1.807) is 11.3 Å². The molecule has 2 heterocycles. The second-order valence-corrected chi connectivity index (χ2v) is 6.99. The van der Waals surface area contributed by atoms with E-state index in [2.05, 4.69) is 31.0 Å². The number of ether oxygens (including phenoxy) is 1. The van der Waals surface area contributed by atoms with Crippen LogP contribution < -0.4 is 10.5 Å². The molecule has 0 fully saturated rings. The lowest BCUT2D eigenvalue weighted by molar-refractivity contribution is 0.126. The molecule has 1 unspecified atom stereocenters. The average Bonchev–Trinajstić information content (AvgIpc) is 2.77. The van der Waals surface area contributed by atoms with Crippen molar-refractivity contribution in [2.24, 2.45) is 11.1 Å². The summed E-state index contributed by atoms with van der Waals surface area (Å²) in [4.78, 5) is 5.96. The highest BCUT2D eigenvalue weighted by molar-refractivity contribution is 7.11. The minimum atomic E-state index is -0.0227. The Balaban J connectivity index is 1.86. The second kappa shape index (κ2) is 5.19. The average molecular weight is 288 g/mol. The van der Waals surface area contributed by atoms with Gasteiger partial charge in [-0.25, -0.2) is 4.98 Å². The highest BCUT2D eigenvalue weighted by Crippen LogP contribution is 2.37. The first-order valence-corrected chi connectivity index (χ1v) is 7.77. The fourth-order valence-corrected chi connectivity index (χ4v) is 3.84. The number of hydrogen-bond donors (Lipinski definition) is 1. The van der Waals surface area contributed by atoms with Crippen LogP contribution in [0.3, 0.4) is 0 Å². The number of aryl methyl sites for hydroxylation is 2. The number of para-hydroxylation sites is 1. The molecule has 0 amide bonds. The predicted octanol–water partition coefficient (Wildman–Crippen LogP) is 2.88. The van der Waals surface area contributed by atoms with Crippen molar-refractivity contribution in [1.82, 2.24) is 4.98 Å². The molecular weight excluding hydrogens is 268 g/mol. The Morgan fingerprint density at radius 2 is 2.15 bits per heavy atom. The summed E-state index contributed by atoms with van der Waals surface area (Å²) in [7, 11) is 0. The van der Waals surface area contributed by atoms with E-state index in [0.29, 0.717) is 13.2 Å². The minimum absolute atomic E-state index is 0.0227. The van der Waals surface area contributed by atoms with E-state index in [0.717, 1.165) is 24.3 Å². The molecule has 0 radical (unpaired) electrons. The Hall–Kier alpha value is -1.39. The van der Waals surface area contributed by atoms with Crippen LogP contribution in [0.1, 0.15) is 21.1 Å².